The number of nitrogens with one attached hydrogen (secondary N) is 1. The number of aliphatic hydroxyl groups excluding tert-OH is 1. The maximum atomic E-state index is 12.7. The molecular weight excluding hydrogens is 340 g/mol. The van der Waals surface area contributed by atoms with Gasteiger partial charge in [-0.1, -0.05) is 42.5 Å². The number of fused-ring (bicyclic) bond motifs is 1. The van der Waals surface area contributed by atoms with Crippen LogP contribution in [0.3, 0.4) is 0 Å². The quantitative estimate of drug-likeness (QED) is 0.801. The fourth-order valence-electron chi connectivity index (χ4n) is 4.19. The molecular formula is C22H24N2O3. The van der Waals surface area contributed by atoms with Crippen LogP contribution in [0.15, 0.2) is 54.6 Å². The number of benzene rings is 2. The van der Waals surface area contributed by atoms with Gasteiger partial charge in [0.05, 0.1) is 17.2 Å². The lowest BCUT2D eigenvalue weighted by Gasteiger charge is -2.35. The van der Waals surface area contributed by atoms with Crippen LogP contribution in [-0.2, 0) is 0 Å². The van der Waals surface area contributed by atoms with Crippen LogP contribution in [0.1, 0.15) is 58.1 Å². The van der Waals surface area contributed by atoms with Crippen molar-refractivity contribution < 1.29 is 14.7 Å². The largest absolute Gasteiger partial charge is 0.387 e. The number of carbonyl (C=O) groups is 2. The van der Waals surface area contributed by atoms with Gasteiger partial charge >= 0.3 is 0 Å². The summed E-state index contributed by atoms with van der Waals surface area (Å²) in [6.07, 6.45) is 2.95. The second kappa shape index (κ2) is 7.62. The van der Waals surface area contributed by atoms with Gasteiger partial charge in [-0.05, 0) is 43.4 Å². The Kier molecular flexibility index (Phi) is 5.05. The van der Waals surface area contributed by atoms with Gasteiger partial charge in [-0.3, -0.25) is 14.5 Å². The molecule has 1 aliphatic carbocycles. The van der Waals surface area contributed by atoms with E-state index in [0.717, 1.165) is 31.2 Å². The summed E-state index contributed by atoms with van der Waals surface area (Å²) in [5.74, 6) is -0.351. The molecule has 2 aromatic rings. The summed E-state index contributed by atoms with van der Waals surface area (Å²) in [6, 6.07) is 16.7. The Bertz CT molecular complexity index is 801. The van der Waals surface area contributed by atoms with Gasteiger partial charge in [0.25, 0.3) is 11.8 Å². The number of hydrogen-bond donors (Lipinski definition) is 2. The molecule has 2 aliphatic rings. The molecule has 2 amide bonds. The lowest BCUT2D eigenvalue weighted by molar-refractivity contribution is 0.0528. The van der Waals surface area contributed by atoms with E-state index in [4.69, 9.17) is 0 Å². The molecule has 27 heavy (non-hydrogen) atoms. The lowest BCUT2D eigenvalue weighted by atomic mass is 9.89. The standard InChI is InChI=1S/C22H24N2O3/c25-20(15-7-2-1-3-8-15)14-23-16-9-6-10-17(13-16)24-21(26)18-11-4-5-12-19(18)22(24)27/h1-5,7-8,11-12,16-17,20,23,25H,6,9-10,13-14H2/t16-,17-,20-/m1/s1. The Hall–Kier alpha value is -2.50. The molecule has 2 N–H and O–H groups in total. The van der Waals surface area contributed by atoms with E-state index >= 15 is 0 Å². The molecule has 2 aromatic carbocycles. The van der Waals surface area contributed by atoms with Crippen LogP contribution in [0.5, 0.6) is 0 Å². The zero-order chi connectivity index (χ0) is 18.8. The van der Waals surface area contributed by atoms with Crippen molar-refractivity contribution in [3.63, 3.8) is 0 Å². The minimum atomic E-state index is -0.564. The Morgan fingerprint density at radius 3 is 2.26 bits per heavy atom. The van der Waals surface area contributed by atoms with Crippen molar-refractivity contribution in [3.05, 3.63) is 71.3 Å². The van der Waals surface area contributed by atoms with Gasteiger partial charge in [-0.25, -0.2) is 0 Å². The van der Waals surface area contributed by atoms with Crippen molar-refractivity contribution in [2.75, 3.05) is 6.54 Å². The van der Waals surface area contributed by atoms with E-state index in [2.05, 4.69) is 5.32 Å². The Balaban J connectivity index is 1.39. The first-order chi connectivity index (χ1) is 13.1. The molecule has 140 valence electrons. The summed E-state index contributed by atoms with van der Waals surface area (Å²) < 4.78 is 0. The molecule has 1 fully saturated rings. The number of hydrogen-bond acceptors (Lipinski definition) is 4. The zero-order valence-electron chi connectivity index (χ0n) is 15.2. The van der Waals surface area contributed by atoms with Gasteiger partial charge in [-0.2, -0.15) is 0 Å². The maximum Gasteiger partial charge on any atom is 0.261 e. The summed E-state index contributed by atoms with van der Waals surface area (Å²) in [6.45, 7) is 0.462. The monoisotopic (exact) mass is 364 g/mol. The van der Waals surface area contributed by atoms with E-state index in [9.17, 15) is 14.7 Å². The highest BCUT2D eigenvalue weighted by Crippen LogP contribution is 2.31. The second-order valence-electron chi connectivity index (χ2n) is 7.38. The maximum absolute atomic E-state index is 12.7. The van der Waals surface area contributed by atoms with E-state index in [1.807, 2.05) is 30.3 Å². The van der Waals surface area contributed by atoms with Crippen LogP contribution >= 0.6 is 0 Å². The number of imide groups is 1. The van der Waals surface area contributed by atoms with Crippen molar-refractivity contribution in [3.8, 4) is 0 Å². The first-order valence-corrected chi connectivity index (χ1v) is 9.58. The van der Waals surface area contributed by atoms with E-state index in [1.54, 1.807) is 24.3 Å². The van der Waals surface area contributed by atoms with Gasteiger partial charge in [0, 0.05) is 18.6 Å². The van der Waals surface area contributed by atoms with Gasteiger partial charge in [0.1, 0.15) is 0 Å². The third-order valence-corrected chi connectivity index (χ3v) is 5.62. The predicted octanol–water partition coefficient (Wildman–Crippen LogP) is 2.92. The first kappa shape index (κ1) is 17.9. The van der Waals surface area contributed by atoms with Gasteiger partial charge in [0.2, 0.25) is 0 Å². The molecule has 0 saturated heterocycles. The first-order valence-electron chi connectivity index (χ1n) is 9.58. The molecule has 5 heteroatoms. The van der Waals surface area contributed by atoms with Crippen LogP contribution in [0, 0.1) is 0 Å². The van der Waals surface area contributed by atoms with E-state index < -0.39 is 6.10 Å². The third kappa shape index (κ3) is 3.53. The molecule has 4 rings (SSSR count). The van der Waals surface area contributed by atoms with Crippen molar-refractivity contribution in [1.29, 1.82) is 0 Å². The van der Waals surface area contributed by atoms with Gasteiger partial charge in [0.15, 0.2) is 0 Å². The molecule has 1 saturated carbocycles. The fraction of sp³-hybridized carbons (Fsp3) is 0.364. The molecule has 1 aliphatic heterocycles. The van der Waals surface area contributed by atoms with Crippen molar-refractivity contribution in [2.24, 2.45) is 0 Å². The lowest BCUT2D eigenvalue weighted by Crippen LogP contribution is -2.47. The van der Waals surface area contributed by atoms with E-state index in [-0.39, 0.29) is 23.9 Å². The minimum absolute atomic E-state index is 0.0856. The highest BCUT2D eigenvalue weighted by molar-refractivity contribution is 6.21. The van der Waals surface area contributed by atoms with E-state index in [1.165, 1.54) is 4.90 Å². The predicted molar refractivity (Wildman–Crippen MR) is 102 cm³/mol. The summed E-state index contributed by atoms with van der Waals surface area (Å²) in [4.78, 5) is 26.9. The molecule has 5 nitrogen and oxygen atoms in total. The van der Waals surface area contributed by atoms with E-state index in [0.29, 0.717) is 17.7 Å². The van der Waals surface area contributed by atoms with Crippen molar-refractivity contribution >= 4 is 11.8 Å². The molecule has 0 unspecified atom stereocenters. The highest BCUT2D eigenvalue weighted by Gasteiger charge is 2.41. The highest BCUT2D eigenvalue weighted by atomic mass is 16.3. The molecule has 0 radical (unpaired) electrons. The molecule has 0 bridgehead atoms. The van der Waals surface area contributed by atoms with Crippen molar-refractivity contribution in [2.45, 2.75) is 43.9 Å². The summed E-state index contributed by atoms with van der Waals surface area (Å²) in [5, 5.41) is 13.8. The van der Waals surface area contributed by atoms with Crippen molar-refractivity contribution in [1.82, 2.24) is 10.2 Å². The number of carbonyl (C=O) groups excluding carboxylic acids is 2. The fourth-order valence-corrected chi connectivity index (χ4v) is 4.19. The van der Waals surface area contributed by atoms with Gasteiger partial charge < -0.3 is 10.4 Å². The number of rotatable bonds is 5. The third-order valence-electron chi connectivity index (χ3n) is 5.62. The van der Waals surface area contributed by atoms with Gasteiger partial charge in [-0.15, -0.1) is 0 Å². The normalized spacial score (nSPS) is 23.4. The average Bonchev–Trinajstić information content (AvgIpc) is 2.98. The minimum Gasteiger partial charge on any atom is -0.387 e. The van der Waals surface area contributed by atoms with Crippen LogP contribution < -0.4 is 5.32 Å². The van der Waals surface area contributed by atoms with Crippen LogP contribution in [0.2, 0.25) is 0 Å². The van der Waals surface area contributed by atoms with Crippen LogP contribution in [0.4, 0.5) is 0 Å². The zero-order valence-corrected chi connectivity index (χ0v) is 15.2. The Labute approximate surface area is 159 Å². The average molecular weight is 364 g/mol. The second-order valence-corrected chi connectivity index (χ2v) is 7.38. The molecule has 0 aromatic heterocycles. The molecule has 0 spiro atoms. The summed E-state index contributed by atoms with van der Waals surface area (Å²) in [5.41, 5.74) is 1.91. The molecule has 3 atom stereocenters. The summed E-state index contributed by atoms with van der Waals surface area (Å²) >= 11 is 0. The Morgan fingerprint density at radius 1 is 0.963 bits per heavy atom. The molecule has 1 heterocycles. The summed E-state index contributed by atoms with van der Waals surface area (Å²) in [7, 11) is 0. The van der Waals surface area contributed by atoms with Crippen LogP contribution in [-0.4, -0.2) is 40.4 Å². The SMILES string of the molecule is O=C1c2ccccc2C(=O)N1[C@@H]1CCC[C@@H](NC[C@@H](O)c2ccccc2)C1. The topological polar surface area (TPSA) is 69.6 Å². The smallest absolute Gasteiger partial charge is 0.261 e. The number of aliphatic hydroxyl groups is 1. The number of amides is 2. The Morgan fingerprint density at radius 2 is 1.59 bits per heavy atom. The number of nitrogens with zero attached hydrogens (tertiary/aromatic N) is 1. The van der Waals surface area contributed by atoms with Crippen LogP contribution in [0.25, 0.3) is 0 Å².